The number of anilines is 1. The number of carbonyl (C=O) groups is 1. The van der Waals surface area contributed by atoms with Gasteiger partial charge >= 0.3 is 11.7 Å². The first kappa shape index (κ1) is 13.2. The molecule has 0 aliphatic heterocycles. The second kappa shape index (κ2) is 5.60. The molecule has 1 aromatic carbocycles. The van der Waals surface area contributed by atoms with Crippen LogP contribution in [-0.2, 0) is 11.3 Å². The van der Waals surface area contributed by atoms with Gasteiger partial charge in [-0.3, -0.25) is 9.36 Å². The molecule has 102 valence electrons. The molecule has 6 heteroatoms. The molecule has 2 aromatic rings. The summed E-state index contributed by atoms with van der Waals surface area (Å²) in [4.78, 5) is 24.9. The van der Waals surface area contributed by atoms with Crippen molar-refractivity contribution in [3.05, 3.63) is 28.7 Å². The Morgan fingerprint density at radius 1 is 1.32 bits per heavy atom. The van der Waals surface area contributed by atoms with Crippen molar-refractivity contribution in [2.45, 2.75) is 32.2 Å². The quantitative estimate of drug-likeness (QED) is 0.543. The van der Waals surface area contributed by atoms with Crippen LogP contribution in [-0.4, -0.2) is 20.6 Å². The van der Waals surface area contributed by atoms with E-state index in [1.807, 2.05) is 6.07 Å². The molecule has 2 rings (SSSR count). The Morgan fingerprint density at radius 2 is 2.11 bits per heavy atom. The molecule has 0 aliphatic carbocycles. The normalized spacial score (nSPS) is 10.9. The molecule has 0 bridgehead atoms. The minimum Gasteiger partial charge on any atom is -0.481 e. The number of carboxylic acid groups (broad SMARTS) is 1. The van der Waals surface area contributed by atoms with Gasteiger partial charge in [-0.15, -0.1) is 0 Å². The topological polar surface area (TPSA) is 101 Å². The third-order valence-electron chi connectivity index (χ3n) is 3.07. The second-order valence-electron chi connectivity index (χ2n) is 4.56. The minimum absolute atomic E-state index is 0.154. The van der Waals surface area contributed by atoms with E-state index in [-0.39, 0.29) is 12.1 Å². The van der Waals surface area contributed by atoms with Crippen LogP contribution >= 0.6 is 0 Å². The Bertz CT molecular complexity index is 642. The SMILES string of the molecule is Nc1ccc2c(c1)[nH]c(=O)n2CCCCCC(=O)O. The molecule has 0 fully saturated rings. The largest absolute Gasteiger partial charge is 0.481 e. The molecular formula is C13H17N3O3. The van der Waals surface area contributed by atoms with Gasteiger partial charge in [0.05, 0.1) is 11.0 Å². The van der Waals surface area contributed by atoms with Crippen LogP contribution in [0.2, 0.25) is 0 Å². The first-order valence-corrected chi connectivity index (χ1v) is 6.28. The summed E-state index contributed by atoms with van der Waals surface area (Å²) in [6, 6.07) is 5.31. The molecule has 0 saturated heterocycles. The predicted octanol–water partition coefficient (Wildman–Crippen LogP) is 1.56. The van der Waals surface area contributed by atoms with Crippen LogP contribution in [0.1, 0.15) is 25.7 Å². The Hall–Kier alpha value is -2.24. The van der Waals surface area contributed by atoms with Crippen molar-refractivity contribution in [2.24, 2.45) is 0 Å². The van der Waals surface area contributed by atoms with Gasteiger partial charge in [0.1, 0.15) is 0 Å². The number of aromatic nitrogens is 2. The van der Waals surface area contributed by atoms with Crippen LogP contribution in [0.4, 0.5) is 5.69 Å². The lowest BCUT2D eigenvalue weighted by Gasteiger charge is -2.03. The summed E-state index contributed by atoms with van der Waals surface area (Å²) in [6.07, 6.45) is 2.39. The number of rotatable bonds is 6. The smallest absolute Gasteiger partial charge is 0.326 e. The number of fused-ring (bicyclic) bond motifs is 1. The van der Waals surface area contributed by atoms with Crippen LogP contribution in [0.25, 0.3) is 11.0 Å². The number of nitrogen functional groups attached to an aromatic ring is 1. The number of nitrogens with two attached hydrogens (primary N) is 1. The number of carboxylic acids is 1. The van der Waals surface area contributed by atoms with E-state index < -0.39 is 5.97 Å². The lowest BCUT2D eigenvalue weighted by molar-refractivity contribution is -0.137. The highest BCUT2D eigenvalue weighted by molar-refractivity contribution is 5.78. The number of aliphatic carboxylic acids is 1. The summed E-state index contributed by atoms with van der Waals surface area (Å²) in [6.45, 7) is 0.586. The van der Waals surface area contributed by atoms with E-state index >= 15 is 0 Å². The molecule has 0 aliphatic rings. The average Bonchev–Trinajstić information content (AvgIpc) is 2.64. The summed E-state index contributed by atoms with van der Waals surface area (Å²) >= 11 is 0. The number of aromatic amines is 1. The molecule has 0 unspecified atom stereocenters. The maximum atomic E-state index is 11.8. The standard InChI is InChI=1S/C13H17N3O3/c14-9-5-6-11-10(8-9)15-13(19)16(11)7-3-1-2-4-12(17)18/h5-6,8H,1-4,7,14H2,(H,15,19)(H,17,18). The van der Waals surface area contributed by atoms with E-state index in [1.165, 1.54) is 0 Å². The molecular weight excluding hydrogens is 246 g/mol. The number of benzene rings is 1. The lowest BCUT2D eigenvalue weighted by Crippen LogP contribution is -2.16. The molecule has 1 aromatic heterocycles. The van der Waals surface area contributed by atoms with Gasteiger partial charge in [0, 0.05) is 18.7 Å². The molecule has 19 heavy (non-hydrogen) atoms. The first-order valence-electron chi connectivity index (χ1n) is 6.28. The Morgan fingerprint density at radius 3 is 2.84 bits per heavy atom. The number of aryl methyl sites for hydroxylation is 1. The number of hydrogen-bond donors (Lipinski definition) is 3. The fourth-order valence-corrected chi connectivity index (χ4v) is 2.13. The molecule has 0 amide bonds. The zero-order chi connectivity index (χ0) is 13.8. The number of H-pyrrole nitrogens is 1. The zero-order valence-corrected chi connectivity index (χ0v) is 10.6. The van der Waals surface area contributed by atoms with Gasteiger partial charge in [-0.25, -0.2) is 4.79 Å². The van der Waals surface area contributed by atoms with Crippen molar-refractivity contribution >= 4 is 22.7 Å². The average molecular weight is 263 g/mol. The highest BCUT2D eigenvalue weighted by Crippen LogP contribution is 2.14. The number of nitrogens with one attached hydrogen (secondary N) is 1. The molecule has 0 spiro atoms. The van der Waals surface area contributed by atoms with E-state index in [4.69, 9.17) is 10.8 Å². The van der Waals surface area contributed by atoms with Crippen LogP contribution < -0.4 is 11.4 Å². The van der Waals surface area contributed by atoms with Gasteiger partial charge in [0.15, 0.2) is 0 Å². The Kier molecular flexibility index (Phi) is 3.89. The highest BCUT2D eigenvalue weighted by atomic mass is 16.4. The molecule has 4 N–H and O–H groups in total. The van der Waals surface area contributed by atoms with Crippen molar-refractivity contribution in [1.29, 1.82) is 0 Å². The number of imidazole rings is 1. The van der Waals surface area contributed by atoms with Crippen molar-refractivity contribution < 1.29 is 9.90 Å². The summed E-state index contributed by atoms with van der Waals surface area (Å²) in [5.41, 5.74) is 7.69. The molecule has 0 radical (unpaired) electrons. The van der Waals surface area contributed by atoms with E-state index in [0.29, 0.717) is 18.7 Å². The van der Waals surface area contributed by atoms with Crippen LogP contribution in [0.5, 0.6) is 0 Å². The maximum absolute atomic E-state index is 11.8. The monoisotopic (exact) mass is 263 g/mol. The Labute approximate surface area is 109 Å². The van der Waals surface area contributed by atoms with Gasteiger partial charge in [-0.1, -0.05) is 6.42 Å². The summed E-state index contributed by atoms with van der Waals surface area (Å²) in [7, 11) is 0. The van der Waals surface area contributed by atoms with E-state index in [0.717, 1.165) is 23.9 Å². The summed E-state index contributed by atoms with van der Waals surface area (Å²) in [5.74, 6) is -0.778. The van der Waals surface area contributed by atoms with E-state index in [2.05, 4.69) is 4.98 Å². The van der Waals surface area contributed by atoms with Gasteiger partial charge in [0.25, 0.3) is 0 Å². The Balaban J connectivity index is 2.02. The number of nitrogens with zero attached hydrogens (tertiary/aromatic N) is 1. The van der Waals surface area contributed by atoms with Crippen molar-refractivity contribution in [2.75, 3.05) is 5.73 Å². The molecule has 1 heterocycles. The van der Waals surface area contributed by atoms with Gasteiger partial charge in [-0.2, -0.15) is 0 Å². The third kappa shape index (κ3) is 3.15. The van der Waals surface area contributed by atoms with E-state index in [1.54, 1.807) is 16.7 Å². The lowest BCUT2D eigenvalue weighted by atomic mass is 10.2. The van der Waals surface area contributed by atoms with Gasteiger partial charge in [-0.05, 0) is 31.0 Å². The third-order valence-corrected chi connectivity index (χ3v) is 3.07. The minimum atomic E-state index is -0.778. The second-order valence-corrected chi connectivity index (χ2v) is 4.56. The molecule has 0 atom stereocenters. The summed E-state index contributed by atoms with van der Waals surface area (Å²) in [5, 5.41) is 8.54. The number of hydrogen-bond acceptors (Lipinski definition) is 3. The molecule has 6 nitrogen and oxygen atoms in total. The first-order chi connectivity index (χ1) is 9.08. The molecule has 0 saturated carbocycles. The van der Waals surface area contributed by atoms with Gasteiger partial charge < -0.3 is 15.8 Å². The van der Waals surface area contributed by atoms with Crippen molar-refractivity contribution in [3.8, 4) is 0 Å². The fraction of sp³-hybridized carbons (Fsp3) is 0.385. The number of unbranched alkanes of at least 4 members (excludes halogenated alkanes) is 2. The fourth-order valence-electron chi connectivity index (χ4n) is 2.13. The van der Waals surface area contributed by atoms with Gasteiger partial charge in [0.2, 0.25) is 0 Å². The van der Waals surface area contributed by atoms with E-state index in [9.17, 15) is 9.59 Å². The van der Waals surface area contributed by atoms with Crippen molar-refractivity contribution in [1.82, 2.24) is 9.55 Å². The maximum Gasteiger partial charge on any atom is 0.326 e. The zero-order valence-electron chi connectivity index (χ0n) is 10.6. The van der Waals surface area contributed by atoms with Crippen molar-refractivity contribution in [3.63, 3.8) is 0 Å². The highest BCUT2D eigenvalue weighted by Gasteiger charge is 2.06. The predicted molar refractivity (Wildman–Crippen MR) is 73.1 cm³/mol. The van der Waals surface area contributed by atoms with Crippen LogP contribution in [0.15, 0.2) is 23.0 Å². The summed E-state index contributed by atoms with van der Waals surface area (Å²) < 4.78 is 1.66. The van der Waals surface area contributed by atoms with Crippen LogP contribution in [0, 0.1) is 0 Å². The van der Waals surface area contributed by atoms with Crippen LogP contribution in [0.3, 0.4) is 0 Å².